The van der Waals surface area contributed by atoms with Gasteiger partial charge in [0.25, 0.3) is 0 Å². The van der Waals surface area contributed by atoms with Crippen LogP contribution in [0.1, 0.15) is 0 Å². The van der Waals surface area contributed by atoms with Gasteiger partial charge in [0.15, 0.2) is 21.0 Å². The first-order chi connectivity index (χ1) is 3.12. The molecule has 0 amide bonds. The standard InChI is InChI=1S/H6O4SSi2/c1-5(2,3-6)4-7/h6-7H3. The van der Waals surface area contributed by atoms with E-state index >= 15 is 0 Å². The number of hydrogen-bond donors (Lipinski definition) is 0. The molecule has 0 saturated heterocycles. The molecule has 7 heavy (non-hydrogen) atoms. The minimum absolute atomic E-state index is 0.166. The first-order valence-electron chi connectivity index (χ1n) is 1.48. The topological polar surface area (TPSA) is 52.6 Å². The quantitative estimate of drug-likeness (QED) is 0.398. The Kier molecular flexibility index (Phi) is 2.68. The summed E-state index contributed by atoms with van der Waals surface area (Å²) < 4.78 is 28.0. The SMILES string of the molecule is O=S(=O)(O[SiH3])O[SiH3]. The highest BCUT2D eigenvalue weighted by Gasteiger charge is 1.99. The zero-order valence-electron chi connectivity index (χ0n) is 4.04. The zero-order chi connectivity index (χ0) is 5.91. The van der Waals surface area contributed by atoms with Crippen LogP contribution in [0.3, 0.4) is 0 Å². The molecule has 7 heteroatoms. The minimum Gasteiger partial charge on any atom is -0.306 e. The van der Waals surface area contributed by atoms with E-state index in [1.54, 1.807) is 0 Å². The van der Waals surface area contributed by atoms with Crippen molar-refractivity contribution in [1.29, 1.82) is 0 Å². The van der Waals surface area contributed by atoms with Crippen LogP contribution < -0.4 is 0 Å². The molecule has 0 bridgehead atoms. The van der Waals surface area contributed by atoms with Crippen LogP contribution in [0.25, 0.3) is 0 Å². The summed E-state index contributed by atoms with van der Waals surface area (Å²) in [6, 6.07) is 0. The second-order valence-corrected chi connectivity index (χ2v) is 4.22. The Labute approximate surface area is 48.2 Å². The molecule has 0 unspecified atom stereocenters. The Hall–Kier alpha value is 0.304. The van der Waals surface area contributed by atoms with Gasteiger partial charge in [-0.1, -0.05) is 0 Å². The normalized spacial score (nSPS) is 12.6. The Morgan fingerprint density at radius 2 is 1.43 bits per heavy atom. The molecule has 0 aliphatic carbocycles. The van der Waals surface area contributed by atoms with Gasteiger partial charge < -0.3 is 7.74 Å². The van der Waals surface area contributed by atoms with E-state index in [1.165, 1.54) is 0 Å². The maximum atomic E-state index is 9.99. The summed E-state index contributed by atoms with van der Waals surface area (Å²) in [6.07, 6.45) is 0. The van der Waals surface area contributed by atoms with E-state index in [1.807, 2.05) is 0 Å². The van der Waals surface area contributed by atoms with Gasteiger partial charge in [-0.3, -0.25) is 0 Å². The van der Waals surface area contributed by atoms with Crippen LogP contribution in [0.5, 0.6) is 0 Å². The van der Waals surface area contributed by atoms with E-state index in [4.69, 9.17) is 0 Å². The molecule has 0 aromatic rings. The van der Waals surface area contributed by atoms with Crippen LogP contribution in [0.2, 0.25) is 0 Å². The van der Waals surface area contributed by atoms with Crippen molar-refractivity contribution in [3.63, 3.8) is 0 Å². The van der Waals surface area contributed by atoms with Gasteiger partial charge in [-0.25, -0.2) is 0 Å². The molecule has 0 aliphatic heterocycles. The molecule has 0 spiro atoms. The van der Waals surface area contributed by atoms with Gasteiger partial charge in [0.1, 0.15) is 0 Å². The van der Waals surface area contributed by atoms with Crippen molar-refractivity contribution < 1.29 is 16.2 Å². The van der Waals surface area contributed by atoms with Crippen LogP contribution in [-0.2, 0) is 18.1 Å². The lowest BCUT2D eigenvalue weighted by Crippen LogP contribution is -2.04. The van der Waals surface area contributed by atoms with Gasteiger partial charge in [0.05, 0.1) is 0 Å². The average Bonchev–Trinajstić information content (AvgIpc) is 1.68. The van der Waals surface area contributed by atoms with E-state index in [-0.39, 0.29) is 21.0 Å². The molecule has 0 heterocycles. The fourth-order valence-electron chi connectivity index (χ4n) is 0.0680. The molecule has 0 rings (SSSR count). The largest absolute Gasteiger partial charge is 0.378 e. The van der Waals surface area contributed by atoms with E-state index in [0.717, 1.165) is 0 Å². The second kappa shape index (κ2) is 2.57. The summed E-state index contributed by atoms with van der Waals surface area (Å²) in [6.45, 7) is 0. The third-order valence-corrected chi connectivity index (χ3v) is 3.67. The van der Waals surface area contributed by atoms with Crippen molar-refractivity contribution in [3.05, 3.63) is 0 Å². The third kappa shape index (κ3) is 2.94. The fraction of sp³-hybridized carbons (Fsp3) is 0. The lowest BCUT2D eigenvalue weighted by atomic mass is 15.8. The summed E-state index contributed by atoms with van der Waals surface area (Å²) in [5.41, 5.74) is 0. The van der Waals surface area contributed by atoms with Crippen LogP contribution in [0, 0.1) is 0 Å². The van der Waals surface area contributed by atoms with Crippen molar-refractivity contribution in [1.82, 2.24) is 0 Å². The van der Waals surface area contributed by atoms with Gasteiger partial charge in [-0.05, 0) is 0 Å². The van der Waals surface area contributed by atoms with Crippen molar-refractivity contribution in [2.24, 2.45) is 0 Å². The van der Waals surface area contributed by atoms with E-state index in [9.17, 15) is 8.42 Å². The Morgan fingerprint density at radius 1 is 1.14 bits per heavy atom. The highest BCUT2D eigenvalue weighted by molar-refractivity contribution is 7.83. The fourth-order valence-corrected chi connectivity index (χ4v) is 1.84. The van der Waals surface area contributed by atoms with E-state index in [2.05, 4.69) is 7.74 Å². The van der Waals surface area contributed by atoms with Crippen LogP contribution in [0.4, 0.5) is 0 Å². The Morgan fingerprint density at radius 3 is 1.43 bits per heavy atom. The van der Waals surface area contributed by atoms with E-state index in [0.29, 0.717) is 0 Å². The first-order valence-corrected chi connectivity index (χ1v) is 4.45. The Bertz CT molecular complexity index is 113. The van der Waals surface area contributed by atoms with Crippen molar-refractivity contribution >= 4 is 31.4 Å². The summed E-state index contributed by atoms with van der Waals surface area (Å²) in [4.78, 5) is 0. The number of rotatable bonds is 2. The maximum absolute atomic E-state index is 9.99. The monoisotopic (exact) mass is 158 g/mol. The molecule has 0 saturated carbocycles. The summed E-state index contributed by atoms with van der Waals surface area (Å²) in [5, 5.41) is 0. The second-order valence-electron chi connectivity index (χ2n) is 0.742. The van der Waals surface area contributed by atoms with Crippen LogP contribution in [-0.4, -0.2) is 29.4 Å². The molecule has 0 aliphatic rings. The maximum Gasteiger partial charge on any atom is 0.378 e. The lowest BCUT2D eigenvalue weighted by Gasteiger charge is -1.93. The zero-order valence-corrected chi connectivity index (χ0v) is 8.86. The van der Waals surface area contributed by atoms with Crippen molar-refractivity contribution in [2.45, 2.75) is 0 Å². The summed E-state index contributed by atoms with van der Waals surface area (Å²) >= 11 is 0. The molecule has 0 aromatic carbocycles. The molecule has 0 radical (unpaired) electrons. The molecule has 4 nitrogen and oxygen atoms in total. The molecule has 0 fully saturated rings. The smallest absolute Gasteiger partial charge is 0.306 e. The molecule has 0 N–H and O–H groups in total. The minimum atomic E-state index is -3.53. The summed E-state index contributed by atoms with van der Waals surface area (Å²) in [5.74, 6) is 0. The molecular weight excluding hydrogens is 152 g/mol. The summed E-state index contributed by atoms with van der Waals surface area (Å²) in [7, 11) is -3.20. The molecule has 0 atom stereocenters. The highest BCUT2D eigenvalue weighted by atomic mass is 32.3. The molecule has 0 aromatic heterocycles. The van der Waals surface area contributed by atoms with Gasteiger partial charge in [-0.15, -0.1) is 0 Å². The van der Waals surface area contributed by atoms with Crippen molar-refractivity contribution in [2.75, 3.05) is 0 Å². The predicted molar refractivity (Wildman–Crippen MR) is 31.0 cm³/mol. The van der Waals surface area contributed by atoms with E-state index < -0.39 is 10.4 Å². The highest BCUT2D eigenvalue weighted by Crippen LogP contribution is 1.84. The number of hydrogen-bond acceptors (Lipinski definition) is 4. The average molecular weight is 158 g/mol. The first kappa shape index (κ1) is 7.30. The van der Waals surface area contributed by atoms with Crippen LogP contribution in [0.15, 0.2) is 0 Å². The van der Waals surface area contributed by atoms with Gasteiger partial charge in [-0.2, -0.15) is 8.42 Å². The van der Waals surface area contributed by atoms with Crippen molar-refractivity contribution in [3.8, 4) is 0 Å². The lowest BCUT2D eigenvalue weighted by molar-refractivity contribution is 0.420. The predicted octanol–water partition coefficient (Wildman–Crippen LogP) is -3.17. The Balaban J connectivity index is 3.89. The van der Waals surface area contributed by atoms with Gasteiger partial charge in [0, 0.05) is 0 Å². The van der Waals surface area contributed by atoms with Gasteiger partial charge in [0.2, 0.25) is 0 Å². The molecule has 44 valence electrons. The van der Waals surface area contributed by atoms with Gasteiger partial charge >= 0.3 is 10.4 Å². The molecular formula is H6O4SSi2. The van der Waals surface area contributed by atoms with Crippen LogP contribution >= 0.6 is 0 Å². The third-order valence-electron chi connectivity index (χ3n) is 0.408.